The summed E-state index contributed by atoms with van der Waals surface area (Å²) in [6, 6.07) is 14.6. The van der Waals surface area contributed by atoms with E-state index in [-0.39, 0.29) is 31.6 Å². The Morgan fingerprint density at radius 2 is 1.67 bits per heavy atom. The van der Waals surface area contributed by atoms with Crippen LogP contribution in [0.2, 0.25) is 5.02 Å². The highest BCUT2D eigenvalue weighted by molar-refractivity contribution is 7.83. The molecule has 0 bridgehead atoms. The van der Waals surface area contributed by atoms with Crippen molar-refractivity contribution in [2.24, 2.45) is 0 Å². The molecule has 212 valence electrons. The minimum atomic E-state index is -1.86. The number of carbonyl (C=O) groups excluding carboxylic acids is 2. The van der Waals surface area contributed by atoms with Crippen molar-refractivity contribution in [3.05, 3.63) is 64.7 Å². The predicted molar refractivity (Wildman–Crippen MR) is 157 cm³/mol. The molecule has 1 aliphatic heterocycles. The Labute approximate surface area is 241 Å². The van der Waals surface area contributed by atoms with Crippen LogP contribution in [0.15, 0.2) is 48.5 Å². The molecule has 1 unspecified atom stereocenters. The van der Waals surface area contributed by atoms with E-state index < -0.39 is 16.6 Å². The maximum absolute atomic E-state index is 13.3. The number of ether oxygens (including phenoxy) is 1. The summed E-state index contributed by atoms with van der Waals surface area (Å²) >= 11 is 10.2. The monoisotopic (exact) mass is 575 g/mol. The zero-order valence-corrected chi connectivity index (χ0v) is 24.5. The zero-order valence-electron chi connectivity index (χ0n) is 22.8. The van der Waals surface area contributed by atoms with Crippen molar-refractivity contribution >= 4 is 47.7 Å². The Hall–Kier alpha value is -2.59. The van der Waals surface area contributed by atoms with Gasteiger partial charge in [0.05, 0.1) is 12.7 Å². The van der Waals surface area contributed by atoms with Gasteiger partial charge in [0.1, 0.15) is 0 Å². The van der Waals surface area contributed by atoms with Crippen LogP contribution < -0.4 is 4.90 Å². The van der Waals surface area contributed by atoms with E-state index in [1.165, 1.54) is 10.5 Å². The molecule has 10 heteroatoms. The van der Waals surface area contributed by atoms with Crippen molar-refractivity contribution in [1.29, 1.82) is 0 Å². The molecule has 1 atom stereocenters. The zero-order chi connectivity index (χ0) is 28.6. The first-order chi connectivity index (χ1) is 18.5. The molecule has 2 aromatic carbocycles. The Morgan fingerprint density at radius 3 is 2.21 bits per heavy atom. The summed E-state index contributed by atoms with van der Waals surface area (Å²) in [6.45, 7) is 9.57. The fourth-order valence-electron chi connectivity index (χ4n) is 4.42. The van der Waals surface area contributed by atoms with Gasteiger partial charge in [-0.15, -0.1) is 0 Å². The summed E-state index contributed by atoms with van der Waals surface area (Å²) in [5, 5.41) is 10.4. The highest BCUT2D eigenvalue weighted by Gasteiger charge is 2.44. The second-order valence-corrected chi connectivity index (χ2v) is 11.2. The third kappa shape index (κ3) is 8.20. The summed E-state index contributed by atoms with van der Waals surface area (Å²) in [7, 11) is 0. The molecule has 1 saturated heterocycles. The number of thiol groups is 1. The molecule has 0 aromatic heterocycles. The number of rotatable bonds is 12. The van der Waals surface area contributed by atoms with Crippen LogP contribution >= 0.6 is 24.2 Å². The van der Waals surface area contributed by atoms with Crippen LogP contribution in [0.1, 0.15) is 43.1 Å². The molecule has 2 amide bonds. The Balaban J connectivity index is 1.63. The number of aliphatic carboxylic acids is 1. The van der Waals surface area contributed by atoms with E-state index in [4.69, 9.17) is 16.3 Å². The Bertz CT molecular complexity index is 1120. The van der Waals surface area contributed by atoms with Gasteiger partial charge in [-0.25, -0.2) is 0 Å². The van der Waals surface area contributed by atoms with Crippen LogP contribution in [0.3, 0.4) is 0 Å². The number of anilines is 1. The number of carboxylic acid groups (broad SMARTS) is 1. The van der Waals surface area contributed by atoms with Crippen LogP contribution in [-0.2, 0) is 20.7 Å². The van der Waals surface area contributed by atoms with E-state index in [1.54, 1.807) is 31.2 Å². The molecule has 39 heavy (non-hydrogen) atoms. The average Bonchev–Trinajstić information content (AvgIpc) is 2.94. The highest BCUT2D eigenvalue weighted by atomic mass is 35.5. The third-order valence-corrected chi connectivity index (χ3v) is 7.90. The lowest BCUT2D eigenvalue weighted by atomic mass is 10.0. The van der Waals surface area contributed by atoms with E-state index in [0.717, 1.165) is 31.1 Å². The van der Waals surface area contributed by atoms with E-state index >= 15 is 0 Å². The number of benzene rings is 2. The molecule has 8 nitrogen and oxygen atoms in total. The fourth-order valence-corrected chi connectivity index (χ4v) is 4.67. The van der Waals surface area contributed by atoms with E-state index in [9.17, 15) is 19.5 Å². The smallest absolute Gasteiger partial charge is 0.329 e. The first kappa shape index (κ1) is 30.9. The lowest BCUT2D eigenvalue weighted by molar-refractivity contribution is -0.144. The molecule has 0 aliphatic carbocycles. The fraction of sp³-hybridized carbons (Fsp3) is 0.483. The molecule has 0 spiro atoms. The lowest BCUT2D eigenvalue weighted by Gasteiger charge is -2.35. The van der Waals surface area contributed by atoms with Gasteiger partial charge in [-0.1, -0.05) is 30.7 Å². The van der Waals surface area contributed by atoms with Gasteiger partial charge in [0.25, 0.3) is 11.8 Å². The second-order valence-electron chi connectivity index (χ2n) is 9.95. The number of carboxylic acids is 1. The van der Waals surface area contributed by atoms with Crippen LogP contribution in [-0.4, -0.2) is 89.4 Å². The maximum Gasteiger partial charge on any atom is 0.329 e. The number of halogens is 1. The molecule has 3 rings (SSSR count). The normalized spacial score (nSPS) is 15.7. The van der Waals surface area contributed by atoms with Gasteiger partial charge in [0.15, 0.2) is 4.75 Å². The molecule has 2 aromatic rings. The maximum atomic E-state index is 13.3. The molecule has 1 heterocycles. The molecule has 1 fully saturated rings. The highest BCUT2D eigenvalue weighted by Crippen LogP contribution is 2.27. The quantitative estimate of drug-likeness (QED) is 0.290. The van der Waals surface area contributed by atoms with Crippen LogP contribution in [0.25, 0.3) is 0 Å². The van der Waals surface area contributed by atoms with Crippen LogP contribution in [0, 0.1) is 0 Å². The second kappa shape index (κ2) is 14.2. The summed E-state index contributed by atoms with van der Waals surface area (Å²) in [4.78, 5) is 43.9. The van der Waals surface area contributed by atoms with E-state index in [2.05, 4.69) is 17.5 Å². The van der Waals surface area contributed by atoms with Crippen molar-refractivity contribution in [2.45, 2.75) is 44.5 Å². The summed E-state index contributed by atoms with van der Waals surface area (Å²) in [6.07, 6.45) is 0.914. The number of hydrogen-bond acceptors (Lipinski definition) is 6. The van der Waals surface area contributed by atoms with Crippen molar-refractivity contribution in [3.63, 3.8) is 0 Å². The van der Waals surface area contributed by atoms with Gasteiger partial charge in [0, 0.05) is 55.5 Å². The van der Waals surface area contributed by atoms with Crippen LogP contribution in [0.4, 0.5) is 5.69 Å². The van der Waals surface area contributed by atoms with Crippen molar-refractivity contribution < 1.29 is 24.2 Å². The van der Waals surface area contributed by atoms with E-state index in [1.807, 2.05) is 43.0 Å². The van der Waals surface area contributed by atoms with Gasteiger partial charge in [0.2, 0.25) is 0 Å². The number of piperazine rings is 1. The number of nitrogens with zero attached hydrogens (tertiary/aromatic N) is 3. The number of hydrogen-bond donors (Lipinski definition) is 2. The number of amides is 2. The Kier molecular flexibility index (Phi) is 11.2. The molecular weight excluding hydrogens is 538 g/mol. The van der Waals surface area contributed by atoms with Gasteiger partial charge >= 0.3 is 5.97 Å². The first-order valence-corrected chi connectivity index (χ1v) is 14.1. The van der Waals surface area contributed by atoms with Gasteiger partial charge in [-0.05, 0) is 68.7 Å². The average molecular weight is 576 g/mol. The topological polar surface area (TPSA) is 90.4 Å². The molecule has 1 aliphatic rings. The van der Waals surface area contributed by atoms with Gasteiger partial charge in [-0.2, -0.15) is 12.6 Å². The van der Waals surface area contributed by atoms with Crippen molar-refractivity contribution in [1.82, 2.24) is 9.80 Å². The lowest BCUT2D eigenvalue weighted by Crippen LogP contribution is -2.51. The standard InChI is InChI=1S/C29H38ClN3O5S/c1-4-29(39,28(36)37)27(35)33(19-20-38-21(2)3)25-11-7-23(8-12-25)26(34)32-17-15-31(16-18-32)14-13-22-5-9-24(30)10-6-22/h5-12,21,39H,4,13-20H2,1-3H3,(H,36,37). The molecule has 0 saturated carbocycles. The van der Waals surface area contributed by atoms with Crippen molar-refractivity contribution in [3.8, 4) is 0 Å². The molecular formula is C29H38ClN3O5S. The minimum absolute atomic E-state index is 0.0219. The predicted octanol–water partition coefficient (Wildman–Crippen LogP) is 4.26. The Morgan fingerprint density at radius 1 is 1.05 bits per heavy atom. The number of carbonyl (C=O) groups is 3. The molecule has 1 N–H and O–H groups in total. The first-order valence-electron chi connectivity index (χ1n) is 13.3. The minimum Gasteiger partial charge on any atom is -0.480 e. The summed E-state index contributed by atoms with van der Waals surface area (Å²) < 4.78 is 3.75. The largest absolute Gasteiger partial charge is 0.480 e. The van der Waals surface area contributed by atoms with Gasteiger partial charge in [-0.3, -0.25) is 19.3 Å². The van der Waals surface area contributed by atoms with Crippen LogP contribution in [0.5, 0.6) is 0 Å². The SMILES string of the molecule is CCC(S)(C(=O)O)C(=O)N(CCOC(C)C)c1ccc(C(=O)N2CCN(CCc3ccc(Cl)cc3)CC2)cc1. The summed E-state index contributed by atoms with van der Waals surface area (Å²) in [5.41, 5.74) is 2.24. The summed E-state index contributed by atoms with van der Waals surface area (Å²) in [5.74, 6) is -2.00. The van der Waals surface area contributed by atoms with Crippen molar-refractivity contribution in [2.75, 3.05) is 50.8 Å². The van der Waals surface area contributed by atoms with Gasteiger partial charge < -0.3 is 19.6 Å². The van der Waals surface area contributed by atoms with E-state index in [0.29, 0.717) is 24.3 Å². The molecule has 0 radical (unpaired) electrons. The third-order valence-electron chi connectivity index (χ3n) is 6.95.